The van der Waals surface area contributed by atoms with E-state index in [-0.39, 0.29) is 6.61 Å². The summed E-state index contributed by atoms with van der Waals surface area (Å²) in [5.74, 6) is 0. The van der Waals surface area contributed by atoms with E-state index in [1.54, 1.807) is 0 Å². The second-order valence-electron chi connectivity index (χ2n) is 11.4. The molecule has 0 spiro atoms. The summed E-state index contributed by atoms with van der Waals surface area (Å²) < 4.78 is 17.9. The smallest absolute Gasteiger partial charge is 0.167 e. The molecule has 0 saturated carbocycles. The largest absolute Gasteiger partial charge is 0.477 e. The van der Waals surface area contributed by atoms with Crippen LogP contribution in [0, 0.1) is 0 Å². The molecular formula is C32H60O5S2. The van der Waals surface area contributed by atoms with Crippen LogP contribution in [-0.4, -0.2) is 57.9 Å². The van der Waals surface area contributed by atoms with Crippen LogP contribution in [0.15, 0.2) is 0 Å². The third-order valence-corrected chi connectivity index (χ3v) is 8.33. The third-order valence-electron chi connectivity index (χ3n) is 7.73. The quantitative estimate of drug-likeness (QED) is 0.0773. The number of ether oxygens (including phenoxy) is 3. The molecule has 39 heavy (non-hydrogen) atoms. The Morgan fingerprint density at radius 2 is 1.05 bits per heavy atom. The predicted molar refractivity (Wildman–Crippen MR) is 171 cm³/mol. The maximum atomic E-state index is 10.3. The van der Waals surface area contributed by atoms with E-state index in [0.717, 1.165) is 32.1 Å². The molecule has 1 rings (SSSR count). The van der Waals surface area contributed by atoms with Crippen LogP contribution < -0.4 is 0 Å². The first-order chi connectivity index (χ1) is 19.0. The van der Waals surface area contributed by atoms with Crippen molar-refractivity contribution in [3.8, 4) is 0 Å². The van der Waals surface area contributed by atoms with Gasteiger partial charge in [0.05, 0.1) is 13.2 Å². The van der Waals surface area contributed by atoms with Crippen molar-refractivity contribution in [3.05, 3.63) is 0 Å². The number of rotatable bonds is 26. The van der Waals surface area contributed by atoms with Gasteiger partial charge in [-0.1, -0.05) is 129 Å². The molecule has 0 aliphatic carbocycles. The van der Waals surface area contributed by atoms with Gasteiger partial charge in [-0.2, -0.15) is 0 Å². The lowest BCUT2D eigenvalue weighted by Crippen LogP contribution is -2.44. The number of aliphatic hydroxyl groups excluding tert-OH is 2. The fourth-order valence-corrected chi connectivity index (χ4v) is 5.76. The summed E-state index contributed by atoms with van der Waals surface area (Å²) in [4.78, 5) is 0. The molecule has 2 N–H and O–H groups in total. The summed E-state index contributed by atoms with van der Waals surface area (Å²) in [6.45, 7) is 4.38. The number of aliphatic hydroxyl groups is 2. The highest BCUT2D eigenvalue weighted by molar-refractivity contribution is 7.80. The average Bonchev–Trinajstić information content (AvgIpc) is 3.31. The third kappa shape index (κ3) is 18.7. The van der Waals surface area contributed by atoms with Gasteiger partial charge in [-0.25, -0.2) is 0 Å². The maximum Gasteiger partial charge on any atom is 0.167 e. The molecule has 1 saturated heterocycles. The van der Waals surface area contributed by atoms with E-state index in [9.17, 15) is 10.2 Å². The van der Waals surface area contributed by atoms with Crippen molar-refractivity contribution in [1.82, 2.24) is 0 Å². The average molecular weight is 589 g/mol. The highest BCUT2D eigenvalue weighted by atomic mass is 32.1. The van der Waals surface area contributed by atoms with Gasteiger partial charge in [0.25, 0.3) is 0 Å². The summed E-state index contributed by atoms with van der Waals surface area (Å²) in [6.07, 6.45) is 24.3. The highest BCUT2D eigenvalue weighted by Gasteiger charge is 2.45. The molecule has 1 aliphatic rings. The molecule has 1 heterocycles. The molecule has 5 nitrogen and oxygen atoms in total. The molecule has 0 amide bonds. The van der Waals surface area contributed by atoms with Crippen LogP contribution >= 0.6 is 24.4 Å². The number of hydrogen-bond acceptors (Lipinski definition) is 7. The molecule has 0 bridgehead atoms. The van der Waals surface area contributed by atoms with Gasteiger partial charge in [0.15, 0.2) is 22.3 Å². The van der Waals surface area contributed by atoms with Gasteiger partial charge < -0.3 is 24.4 Å². The van der Waals surface area contributed by atoms with Crippen LogP contribution in [0.25, 0.3) is 0 Å². The molecule has 0 aromatic heterocycles. The molecule has 0 unspecified atom stereocenters. The zero-order valence-corrected chi connectivity index (χ0v) is 26.8. The second kappa shape index (κ2) is 25.4. The fraction of sp³-hybridized carbons (Fsp3) is 0.938. The van der Waals surface area contributed by atoms with Crippen molar-refractivity contribution < 1.29 is 24.4 Å². The Balaban J connectivity index is 2.27. The van der Waals surface area contributed by atoms with E-state index in [0.29, 0.717) is 16.5 Å². The number of unbranched alkanes of at least 4 members (excludes halogenated alkanes) is 18. The van der Waals surface area contributed by atoms with Crippen LogP contribution in [0.1, 0.15) is 155 Å². The summed E-state index contributed by atoms with van der Waals surface area (Å²) in [7, 11) is 0. The minimum absolute atomic E-state index is 0.269. The second-order valence-corrected chi connectivity index (χ2v) is 12.3. The molecule has 4 atom stereocenters. The van der Waals surface area contributed by atoms with E-state index < -0.39 is 31.0 Å². The van der Waals surface area contributed by atoms with E-state index in [1.165, 1.54) is 103 Å². The topological polar surface area (TPSA) is 68.2 Å². The molecule has 1 fully saturated rings. The Morgan fingerprint density at radius 3 is 1.46 bits per heavy atom. The van der Waals surface area contributed by atoms with Crippen LogP contribution in [0.3, 0.4) is 0 Å². The highest BCUT2D eigenvalue weighted by Crippen LogP contribution is 2.26. The predicted octanol–water partition coefficient (Wildman–Crippen LogP) is 8.79. The Labute approximate surface area is 251 Å². The standard InChI is InChI=1S/C32H60O5S2/c1-3-5-7-9-11-13-15-17-19-21-23-29(38)36-28-26-35-31(27(34)25-33)32(28)37-30(39)24-22-20-18-16-14-12-10-8-6-4-2/h27-28,31-34H,3-26H2,1-2H3/t27-,28+,31+,32+/m0/s1. The fourth-order valence-electron chi connectivity index (χ4n) is 5.24. The van der Waals surface area contributed by atoms with E-state index in [2.05, 4.69) is 13.8 Å². The molecule has 0 aromatic carbocycles. The maximum absolute atomic E-state index is 10.3. The monoisotopic (exact) mass is 588 g/mol. The Bertz CT molecular complexity index is 603. The van der Waals surface area contributed by atoms with E-state index in [4.69, 9.17) is 38.6 Å². The van der Waals surface area contributed by atoms with Crippen LogP contribution in [0.5, 0.6) is 0 Å². The molecule has 1 aliphatic heterocycles. The van der Waals surface area contributed by atoms with Crippen molar-refractivity contribution in [3.63, 3.8) is 0 Å². The SMILES string of the molecule is CCCCCCCCCCCCC(=S)O[C@H]1[C@@H]([C@@H](O)CO)OC[C@H]1OC(=S)CCCCCCCCCCCC. The number of thiocarbonyl (C=S) groups is 2. The minimum atomic E-state index is -1.04. The first-order valence-corrected chi connectivity index (χ1v) is 17.1. The van der Waals surface area contributed by atoms with Gasteiger partial charge in [0.1, 0.15) is 12.2 Å². The summed E-state index contributed by atoms with van der Waals surface area (Å²) in [5.41, 5.74) is 0. The van der Waals surface area contributed by atoms with Crippen molar-refractivity contribution in [2.24, 2.45) is 0 Å². The minimum Gasteiger partial charge on any atom is -0.477 e. The van der Waals surface area contributed by atoms with Crippen LogP contribution in [-0.2, 0) is 14.2 Å². The van der Waals surface area contributed by atoms with Crippen LogP contribution in [0.4, 0.5) is 0 Å². The summed E-state index contributed by atoms with van der Waals surface area (Å²) in [5, 5.41) is 20.9. The van der Waals surface area contributed by atoms with Gasteiger partial charge in [0, 0.05) is 12.8 Å². The van der Waals surface area contributed by atoms with Gasteiger partial charge >= 0.3 is 0 Å². The Hall–Kier alpha value is -0.340. The normalized spacial score (nSPS) is 19.7. The van der Waals surface area contributed by atoms with Gasteiger partial charge in [-0.3, -0.25) is 0 Å². The zero-order chi connectivity index (χ0) is 28.6. The molecule has 230 valence electrons. The summed E-state index contributed by atoms with van der Waals surface area (Å²) >= 11 is 11.1. The van der Waals surface area contributed by atoms with Crippen molar-refractivity contribution in [2.45, 2.75) is 180 Å². The van der Waals surface area contributed by atoms with E-state index >= 15 is 0 Å². The lowest BCUT2D eigenvalue weighted by Gasteiger charge is -2.27. The molecule has 0 radical (unpaired) electrons. The Kier molecular flexibility index (Phi) is 23.9. The van der Waals surface area contributed by atoms with Crippen molar-refractivity contribution in [1.29, 1.82) is 0 Å². The van der Waals surface area contributed by atoms with E-state index in [1.807, 2.05) is 0 Å². The van der Waals surface area contributed by atoms with Crippen LogP contribution in [0.2, 0.25) is 0 Å². The first-order valence-electron chi connectivity index (χ1n) is 16.3. The lowest BCUT2D eigenvalue weighted by molar-refractivity contribution is -0.0639. The summed E-state index contributed by atoms with van der Waals surface area (Å²) in [6, 6.07) is 0. The molecule has 0 aromatic rings. The first kappa shape index (κ1) is 36.7. The van der Waals surface area contributed by atoms with Crippen molar-refractivity contribution in [2.75, 3.05) is 13.2 Å². The van der Waals surface area contributed by atoms with Gasteiger partial charge in [-0.15, -0.1) is 0 Å². The zero-order valence-electron chi connectivity index (χ0n) is 25.2. The number of hydrogen-bond donors (Lipinski definition) is 2. The molecule has 7 heteroatoms. The van der Waals surface area contributed by atoms with Gasteiger partial charge in [0.2, 0.25) is 0 Å². The molecular weight excluding hydrogens is 528 g/mol. The van der Waals surface area contributed by atoms with Gasteiger partial charge in [-0.05, 0) is 37.3 Å². The van der Waals surface area contributed by atoms with Crippen molar-refractivity contribution >= 4 is 34.5 Å². The lowest BCUT2D eigenvalue weighted by atomic mass is 10.1. The Morgan fingerprint density at radius 1 is 0.667 bits per heavy atom.